The smallest absolute Gasteiger partial charge is 0.0726 e. The van der Waals surface area contributed by atoms with Crippen molar-refractivity contribution in [1.82, 2.24) is 4.57 Å². The zero-order valence-electron chi connectivity index (χ0n) is 21.6. The number of hydrogen-bond donors (Lipinski definition) is 0. The highest BCUT2D eigenvalue weighted by molar-refractivity contribution is 7.18. The van der Waals surface area contributed by atoms with Gasteiger partial charge in [-0.15, -0.1) is 11.3 Å². The van der Waals surface area contributed by atoms with E-state index in [1.807, 2.05) is 11.3 Å². The summed E-state index contributed by atoms with van der Waals surface area (Å²) < 4.78 is 3.88. The van der Waals surface area contributed by atoms with E-state index in [4.69, 9.17) is 0 Å². The van der Waals surface area contributed by atoms with Gasteiger partial charge in [0, 0.05) is 27.2 Å². The lowest BCUT2D eigenvalue weighted by molar-refractivity contribution is 1.20. The first kappa shape index (κ1) is 22.0. The molecule has 1 nitrogen and oxygen atoms in total. The van der Waals surface area contributed by atoms with E-state index in [1.165, 1.54) is 81.0 Å². The van der Waals surface area contributed by atoms with Crippen LogP contribution in [-0.2, 0) is 0 Å². The molecular weight excluding hydrogens is 502 g/mol. The molecule has 9 rings (SSSR count). The average molecular weight is 526 g/mol. The van der Waals surface area contributed by atoms with Gasteiger partial charge in [-0.25, -0.2) is 0 Å². The van der Waals surface area contributed by atoms with E-state index in [0.717, 1.165) is 0 Å². The summed E-state index contributed by atoms with van der Waals surface area (Å²) in [6.07, 6.45) is 0. The topological polar surface area (TPSA) is 4.93 Å². The molecule has 186 valence electrons. The fraction of sp³-hybridized carbons (Fsp3) is 0. The van der Waals surface area contributed by atoms with E-state index in [-0.39, 0.29) is 0 Å². The van der Waals surface area contributed by atoms with E-state index in [2.05, 4.69) is 143 Å². The van der Waals surface area contributed by atoms with Gasteiger partial charge in [0.25, 0.3) is 0 Å². The lowest BCUT2D eigenvalue weighted by Crippen LogP contribution is -1.95. The lowest BCUT2D eigenvalue weighted by Gasteiger charge is -2.13. The highest BCUT2D eigenvalue weighted by Gasteiger charge is 2.23. The van der Waals surface area contributed by atoms with Crippen molar-refractivity contribution in [2.75, 3.05) is 0 Å². The van der Waals surface area contributed by atoms with Crippen LogP contribution in [0, 0.1) is 0 Å². The first-order valence-corrected chi connectivity index (χ1v) is 14.6. The third-order valence-corrected chi connectivity index (χ3v) is 9.36. The summed E-state index contributed by atoms with van der Waals surface area (Å²) in [5, 5.41) is 14.1. The Kier molecular flexibility index (Phi) is 4.55. The Morgan fingerprint density at radius 1 is 0.375 bits per heavy atom. The minimum absolute atomic E-state index is 1.19. The Hall–Kier alpha value is -4.92. The van der Waals surface area contributed by atoms with E-state index in [0.29, 0.717) is 0 Å². The van der Waals surface area contributed by atoms with Crippen molar-refractivity contribution in [2.24, 2.45) is 0 Å². The Balaban J connectivity index is 1.55. The van der Waals surface area contributed by atoms with Crippen LogP contribution in [0.2, 0.25) is 0 Å². The zero-order valence-corrected chi connectivity index (χ0v) is 22.5. The maximum absolute atomic E-state index is 2.54. The highest BCUT2D eigenvalue weighted by Crippen LogP contribution is 2.48. The van der Waals surface area contributed by atoms with Crippen LogP contribution < -0.4 is 0 Å². The van der Waals surface area contributed by atoms with Gasteiger partial charge in [-0.3, -0.25) is 0 Å². The van der Waals surface area contributed by atoms with E-state index in [9.17, 15) is 0 Å². The average Bonchev–Trinajstić information content (AvgIpc) is 3.66. The molecule has 2 aromatic heterocycles. The quantitative estimate of drug-likeness (QED) is 0.198. The van der Waals surface area contributed by atoms with Gasteiger partial charge in [0.1, 0.15) is 0 Å². The van der Waals surface area contributed by atoms with Crippen LogP contribution in [0.25, 0.3) is 81.0 Å². The summed E-state index contributed by atoms with van der Waals surface area (Å²) in [5.41, 5.74) is 6.23. The van der Waals surface area contributed by atoms with Gasteiger partial charge in [-0.05, 0) is 61.6 Å². The molecule has 0 fully saturated rings. The molecule has 7 aromatic carbocycles. The molecule has 9 aromatic rings. The van der Waals surface area contributed by atoms with Crippen LogP contribution in [0.1, 0.15) is 0 Å². The third-order valence-electron chi connectivity index (χ3n) is 8.44. The molecule has 40 heavy (non-hydrogen) atoms. The van der Waals surface area contributed by atoms with Crippen molar-refractivity contribution in [2.45, 2.75) is 0 Å². The summed E-state index contributed by atoms with van der Waals surface area (Å²) >= 11 is 1.85. The van der Waals surface area contributed by atoms with Gasteiger partial charge >= 0.3 is 0 Å². The van der Waals surface area contributed by atoms with Crippen molar-refractivity contribution in [3.63, 3.8) is 0 Å². The minimum atomic E-state index is 1.19. The summed E-state index contributed by atoms with van der Waals surface area (Å²) in [6, 6.07) is 48.8. The minimum Gasteiger partial charge on any atom is -0.307 e. The summed E-state index contributed by atoms with van der Waals surface area (Å²) in [6.45, 7) is 0. The maximum Gasteiger partial charge on any atom is 0.0726 e. The second-order valence-corrected chi connectivity index (χ2v) is 11.4. The standard InChI is InChI=1S/C38H23NS/c1-2-10-24(11-3-1)25-18-20-26(21-19-25)39-36-32-17-9-6-13-28(32)27-12-4-7-15-30(27)34(36)35-31-16-8-5-14-29(31)33-22-23-40-38(33)37(35)39/h1-23H. The lowest BCUT2D eigenvalue weighted by atomic mass is 9.94. The van der Waals surface area contributed by atoms with E-state index < -0.39 is 0 Å². The molecule has 0 atom stereocenters. The molecular formula is C38H23NS. The molecule has 0 aliphatic rings. The Morgan fingerprint density at radius 3 is 1.55 bits per heavy atom. The number of aromatic nitrogens is 1. The third kappa shape index (κ3) is 2.91. The summed E-state index contributed by atoms with van der Waals surface area (Å²) in [5.74, 6) is 0. The number of rotatable bonds is 2. The van der Waals surface area contributed by atoms with Crippen molar-refractivity contribution >= 4 is 75.5 Å². The largest absolute Gasteiger partial charge is 0.307 e. The molecule has 2 heterocycles. The van der Waals surface area contributed by atoms with Crippen LogP contribution in [0.15, 0.2) is 139 Å². The Bertz CT molecular complexity index is 2410. The van der Waals surface area contributed by atoms with Crippen LogP contribution in [0.5, 0.6) is 0 Å². The monoisotopic (exact) mass is 525 g/mol. The molecule has 0 aliphatic heterocycles. The second-order valence-electron chi connectivity index (χ2n) is 10.5. The van der Waals surface area contributed by atoms with E-state index >= 15 is 0 Å². The van der Waals surface area contributed by atoms with Gasteiger partial charge < -0.3 is 4.57 Å². The first-order chi connectivity index (χ1) is 19.9. The molecule has 2 heteroatoms. The number of fused-ring (bicyclic) bond motifs is 13. The van der Waals surface area contributed by atoms with Gasteiger partial charge in [0.05, 0.1) is 15.7 Å². The number of nitrogens with zero attached hydrogens (tertiary/aromatic N) is 1. The van der Waals surface area contributed by atoms with Crippen LogP contribution >= 0.6 is 11.3 Å². The molecule has 0 unspecified atom stereocenters. The predicted molar refractivity (Wildman–Crippen MR) is 174 cm³/mol. The number of thiophene rings is 1. The maximum atomic E-state index is 2.54. The van der Waals surface area contributed by atoms with Gasteiger partial charge in [0.15, 0.2) is 0 Å². The second kappa shape index (κ2) is 8.29. The molecule has 0 bridgehead atoms. The fourth-order valence-corrected chi connectivity index (χ4v) is 7.71. The predicted octanol–water partition coefficient (Wildman–Crippen LogP) is 11.1. The molecule has 0 saturated carbocycles. The SMILES string of the molecule is c1ccc(-c2ccc(-n3c4c5ccccc5c5ccccc5c4c4c5ccccc5c5ccsc5c43)cc2)cc1. The van der Waals surface area contributed by atoms with Crippen molar-refractivity contribution < 1.29 is 0 Å². The zero-order chi connectivity index (χ0) is 26.2. The highest BCUT2D eigenvalue weighted by atomic mass is 32.1. The van der Waals surface area contributed by atoms with Crippen molar-refractivity contribution in [3.8, 4) is 16.8 Å². The molecule has 0 saturated heterocycles. The van der Waals surface area contributed by atoms with Crippen LogP contribution in [0.4, 0.5) is 0 Å². The summed E-state index contributed by atoms with van der Waals surface area (Å²) in [7, 11) is 0. The van der Waals surface area contributed by atoms with Crippen molar-refractivity contribution in [1.29, 1.82) is 0 Å². The number of benzene rings is 7. The molecule has 0 radical (unpaired) electrons. The normalized spacial score (nSPS) is 12.0. The van der Waals surface area contributed by atoms with Gasteiger partial charge in [0.2, 0.25) is 0 Å². The Labute approximate surface area is 235 Å². The summed E-state index contributed by atoms with van der Waals surface area (Å²) in [4.78, 5) is 0. The van der Waals surface area contributed by atoms with E-state index in [1.54, 1.807) is 0 Å². The first-order valence-electron chi connectivity index (χ1n) is 13.7. The number of hydrogen-bond acceptors (Lipinski definition) is 1. The molecule has 0 amide bonds. The van der Waals surface area contributed by atoms with Gasteiger partial charge in [-0.1, -0.05) is 115 Å². The van der Waals surface area contributed by atoms with Crippen LogP contribution in [0.3, 0.4) is 0 Å². The van der Waals surface area contributed by atoms with Crippen LogP contribution in [-0.4, -0.2) is 4.57 Å². The fourth-order valence-electron chi connectivity index (χ4n) is 6.76. The molecule has 0 N–H and O–H groups in total. The van der Waals surface area contributed by atoms with Crippen molar-refractivity contribution in [3.05, 3.63) is 139 Å². The van der Waals surface area contributed by atoms with Gasteiger partial charge in [-0.2, -0.15) is 0 Å². The Morgan fingerprint density at radius 2 is 0.875 bits per heavy atom. The molecule has 0 spiro atoms. The molecule has 0 aliphatic carbocycles.